The van der Waals surface area contributed by atoms with E-state index in [-0.39, 0.29) is 28.7 Å². The monoisotopic (exact) mass is 241 g/mol. The number of phenolic OH excluding ortho intramolecular Hbond substituents is 1. The summed E-state index contributed by atoms with van der Waals surface area (Å²) in [5.41, 5.74) is -0.177. The van der Waals surface area contributed by atoms with Crippen LogP contribution in [0.3, 0.4) is 0 Å². The molecule has 1 unspecified atom stereocenters. The zero-order chi connectivity index (χ0) is 13.2. The number of aliphatic hydroxyl groups excluding tert-OH is 1. The van der Waals surface area contributed by atoms with Crippen molar-refractivity contribution in [1.82, 2.24) is 0 Å². The smallest absolute Gasteiger partial charge is 0.279 e. The molecule has 0 saturated heterocycles. The third-order valence-electron chi connectivity index (χ3n) is 2.47. The summed E-state index contributed by atoms with van der Waals surface area (Å²) in [4.78, 5) is 10.3. The SMILES string of the molecule is COc1cc([N+](=O)[O-])c(C(O)C(C)C)cc1O. The second-order valence-electron chi connectivity index (χ2n) is 4.03. The Kier molecular flexibility index (Phi) is 3.90. The summed E-state index contributed by atoms with van der Waals surface area (Å²) in [7, 11) is 1.30. The second-order valence-corrected chi connectivity index (χ2v) is 4.03. The number of hydrogen-bond acceptors (Lipinski definition) is 5. The van der Waals surface area contributed by atoms with Gasteiger partial charge in [0.25, 0.3) is 5.69 Å². The van der Waals surface area contributed by atoms with E-state index < -0.39 is 11.0 Å². The third-order valence-corrected chi connectivity index (χ3v) is 2.47. The Labute approximate surface area is 98.6 Å². The molecule has 1 rings (SSSR count). The lowest BCUT2D eigenvalue weighted by Crippen LogP contribution is -2.08. The van der Waals surface area contributed by atoms with Gasteiger partial charge in [-0.2, -0.15) is 0 Å². The Morgan fingerprint density at radius 3 is 2.41 bits per heavy atom. The van der Waals surface area contributed by atoms with E-state index in [2.05, 4.69) is 0 Å². The minimum absolute atomic E-state index is 0.0106. The van der Waals surface area contributed by atoms with Crippen LogP contribution >= 0.6 is 0 Å². The molecule has 0 aliphatic rings. The molecule has 0 aromatic heterocycles. The predicted octanol–water partition coefficient (Wildman–Crippen LogP) is 2.00. The molecule has 0 bridgehead atoms. The number of hydrogen-bond donors (Lipinski definition) is 2. The van der Waals surface area contributed by atoms with E-state index in [9.17, 15) is 20.3 Å². The van der Waals surface area contributed by atoms with Crippen LogP contribution < -0.4 is 4.74 Å². The van der Waals surface area contributed by atoms with Crippen LogP contribution in [-0.4, -0.2) is 22.2 Å². The average Bonchev–Trinajstić information content (AvgIpc) is 2.27. The van der Waals surface area contributed by atoms with Gasteiger partial charge in [0.2, 0.25) is 0 Å². The highest BCUT2D eigenvalue weighted by Crippen LogP contribution is 2.38. The molecule has 0 heterocycles. The van der Waals surface area contributed by atoms with Gasteiger partial charge in [0.15, 0.2) is 11.5 Å². The van der Waals surface area contributed by atoms with Crippen LogP contribution in [0, 0.1) is 16.0 Å². The first-order valence-corrected chi connectivity index (χ1v) is 5.11. The Balaban J connectivity index is 3.37. The van der Waals surface area contributed by atoms with Crippen LogP contribution in [0.1, 0.15) is 25.5 Å². The summed E-state index contributed by atoms with van der Waals surface area (Å²) in [6, 6.07) is 2.28. The van der Waals surface area contributed by atoms with Crippen LogP contribution in [-0.2, 0) is 0 Å². The van der Waals surface area contributed by atoms with Gasteiger partial charge < -0.3 is 14.9 Å². The fourth-order valence-corrected chi connectivity index (χ4v) is 1.49. The molecule has 0 fully saturated rings. The first-order chi connectivity index (χ1) is 7.88. The molecule has 1 aromatic carbocycles. The van der Waals surface area contributed by atoms with Crippen molar-refractivity contribution in [1.29, 1.82) is 0 Å². The van der Waals surface area contributed by atoms with E-state index in [0.29, 0.717) is 0 Å². The first-order valence-electron chi connectivity index (χ1n) is 5.11. The van der Waals surface area contributed by atoms with Gasteiger partial charge in [-0.05, 0) is 12.0 Å². The number of methoxy groups -OCH3 is 1. The summed E-state index contributed by atoms with van der Waals surface area (Å²) >= 11 is 0. The largest absolute Gasteiger partial charge is 0.504 e. The molecule has 0 aliphatic heterocycles. The number of nitro benzene ring substituents is 1. The second kappa shape index (κ2) is 5.01. The predicted molar refractivity (Wildman–Crippen MR) is 61.1 cm³/mol. The average molecular weight is 241 g/mol. The van der Waals surface area contributed by atoms with Crippen molar-refractivity contribution in [2.75, 3.05) is 7.11 Å². The van der Waals surface area contributed by atoms with E-state index >= 15 is 0 Å². The fourth-order valence-electron chi connectivity index (χ4n) is 1.49. The van der Waals surface area contributed by atoms with Gasteiger partial charge >= 0.3 is 0 Å². The molecular formula is C11H15NO5. The van der Waals surface area contributed by atoms with Gasteiger partial charge in [0.1, 0.15) is 0 Å². The van der Waals surface area contributed by atoms with E-state index in [1.165, 1.54) is 13.2 Å². The number of ether oxygens (including phenoxy) is 1. The van der Waals surface area contributed by atoms with Gasteiger partial charge in [-0.1, -0.05) is 13.8 Å². The van der Waals surface area contributed by atoms with E-state index in [4.69, 9.17) is 4.74 Å². The van der Waals surface area contributed by atoms with Crippen molar-refractivity contribution in [2.45, 2.75) is 20.0 Å². The van der Waals surface area contributed by atoms with Crippen molar-refractivity contribution in [3.63, 3.8) is 0 Å². The maximum Gasteiger partial charge on any atom is 0.279 e. The van der Waals surface area contributed by atoms with Crippen molar-refractivity contribution in [3.05, 3.63) is 27.8 Å². The molecule has 2 N–H and O–H groups in total. The van der Waals surface area contributed by atoms with Gasteiger partial charge in [-0.3, -0.25) is 10.1 Å². The van der Waals surface area contributed by atoms with Crippen molar-refractivity contribution in [2.24, 2.45) is 5.92 Å². The molecule has 1 aromatic rings. The molecule has 1 atom stereocenters. The summed E-state index contributed by atoms with van der Waals surface area (Å²) in [5.74, 6) is -0.411. The maximum absolute atomic E-state index is 10.9. The number of aliphatic hydroxyl groups is 1. The highest BCUT2D eigenvalue weighted by molar-refractivity contribution is 5.54. The molecule has 0 radical (unpaired) electrons. The molecule has 17 heavy (non-hydrogen) atoms. The topological polar surface area (TPSA) is 92.8 Å². The van der Waals surface area contributed by atoms with Gasteiger partial charge in [0.05, 0.1) is 29.8 Å². The molecular weight excluding hydrogens is 226 g/mol. The Hall–Kier alpha value is -1.82. The Morgan fingerprint density at radius 2 is 2.00 bits per heavy atom. The van der Waals surface area contributed by atoms with E-state index in [0.717, 1.165) is 6.07 Å². The number of rotatable bonds is 4. The lowest BCUT2D eigenvalue weighted by Gasteiger charge is -2.16. The number of benzene rings is 1. The molecule has 6 nitrogen and oxygen atoms in total. The quantitative estimate of drug-likeness (QED) is 0.621. The van der Waals surface area contributed by atoms with E-state index in [1.54, 1.807) is 13.8 Å². The Morgan fingerprint density at radius 1 is 1.41 bits per heavy atom. The highest BCUT2D eigenvalue weighted by Gasteiger charge is 2.25. The third kappa shape index (κ3) is 2.65. The minimum Gasteiger partial charge on any atom is -0.504 e. The zero-order valence-electron chi connectivity index (χ0n) is 9.88. The normalized spacial score (nSPS) is 12.5. The molecule has 0 aliphatic carbocycles. The molecule has 0 saturated carbocycles. The van der Waals surface area contributed by atoms with Crippen LogP contribution in [0.5, 0.6) is 11.5 Å². The number of nitrogens with zero attached hydrogens (tertiary/aromatic N) is 1. The lowest BCUT2D eigenvalue weighted by molar-refractivity contribution is -0.386. The van der Waals surface area contributed by atoms with Crippen LogP contribution in [0.2, 0.25) is 0 Å². The van der Waals surface area contributed by atoms with Crippen LogP contribution in [0.4, 0.5) is 5.69 Å². The minimum atomic E-state index is -1.01. The van der Waals surface area contributed by atoms with E-state index in [1.807, 2.05) is 0 Å². The Bertz CT molecular complexity index is 430. The van der Waals surface area contributed by atoms with Crippen molar-refractivity contribution >= 4 is 5.69 Å². The van der Waals surface area contributed by atoms with Crippen molar-refractivity contribution in [3.8, 4) is 11.5 Å². The highest BCUT2D eigenvalue weighted by atomic mass is 16.6. The molecule has 0 amide bonds. The van der Waals surface area contributed by atoms with Crippen LogP contribution in [0.25, 0.3) is 0 Å². The lowest BCUT2D eigenvalue weighted by atomic mass is 9.97. The van der Waals surface area contributed by atoms with Gasteiger partial charge in [-0.25, -0.2) is 0 Å². The summed E-state index contributed by atoms with van der Waals surface area (Å²) in [6.07, 6.45) is -1.01. The summed E-state index contributed by atoms with van der Waals surface area (Å²) in [6.45, 7) is 3.46. The molecule has 0 spiro atoms. The summed E-state index contributed by atoms with van der Waals surface area (Å²) < 4.78 is 4.79. The maximum atomic E-state index is 10.9. The number of nitro groups is 1. The van der Waals surface area contributed by atoms with Crippen molar-refractivity contribution < 1.29 is 19.9 Å². The first kappa shape index (κ1) is 13.2. The molecule has 94 valence electrons. The van der Waals surface area contributed by atoms with Gasteiger partial charge in [0, 0.05) is 0 Å². The standard InChI is InChI=1S/C11H15NO5/c1-6(2)11(14)7-4-9(13)10(17-3)5-8(7)12(15)16/h4-6,11,13-14H,1-3H3. The number of aromatic hydroxyl groups is 1. The number of phenols is 1. The van der Waals surface area contributed by atoms with Gasteiger partial charge in [-0.15, -0.1) is 0 Å². The fraction of sp³-hybridized carbons (Fsp3) is 0.455. The summed E-state index contributed by atoms with van der Waals surface area (Å²) in [5, 5.41) is 30.3. The van der Waals surface area contributed by atoms with Crippen LogP contribution in [0.15, 0.2) is 12.1 Å². The zero-order valence-corrected chi connectivity index (χ0v) is 9.88. The molecule has 6 heteroatoms.